The molecule has 10 nitrogen and oxygen atoms in total. The Morgan fingerprint density at radius 3 is 2.50 bits per heavy atom. The van der Waals surface area contributed by atoms with E-state index in [0.29, 0.717) is 27.5 Å². The molecule has 4 aromatic rings. The quantitative estimate of drug-likeness (QED) is 0.250. The molecule has 0 spiro atoms. The van der Waals surface area contributed by atoms with E-state index in [1.54, 1.807) is 48.5 Å². The minimum absolute atomic E-state index is 0.263. The van der Waals surface area contributed by atoms with Gasteiger partial charge in [-0.1, -0.05) is 41.9 Å². The van der Waals surface area contributed by atoms with Gasteiger partial charge in [0.1, 0.15) is 12.4 Å². The lowest BCUT2D eigenvalue weighted by Gasteiger charge is -2.18. The summed E-state index contributed by atoms with van der Waals surface area (Å²) in [4.78, 5) is 37.7. The molecule has 0 saturated heterocycles. The summed E-state index contributed by atoms with van der Waals surface area (Å²) < 4.78 is 6.15. The van der Waals surface area contributed by atoms with E-state index in [0.717, 1.165) is 5.56 Å². The number of carbonyl (C=O) groups is 3. The summed E-state index contributed by atoms with van der Waals surface area (Å²) in [6.07, 6.45) is 4.58. The van der Waals surface area contributed by atoms with Crippen molar-refractivity contribution in [3.63, 3.8) is 0 Å². The van der Waals surface area contributed by atoms with Crippen LogP contribution in [0.2, 0.25) is 5.02 Å². The molecule has 3 aromatic carbocycles. The SMILES string of the molecule is COC(=O)c1ccc(NC(=O)[C@H](Cc2ccccc2)NC(=O)C=Cc2cc(Cl)ccc2-n2cnnn2)cc1. The van der Waals surface area contributed by atoms with E-state index in [1.807, 2.05) is 30.3 Å². The van der Waals surface area contributed by atoms with Gasteiger partial charge in [-0.25, -0.2) is 4.79 Å². The average Bonchev–Trinajstić information content (AvgIpc) is 3.47. The molecule has 2 amide bonds. The summed E-state index contributed by atoms with van der Waals surface area (Å²) >= 11 is 6.15. The molecule has 1 atom stereocenters. The molecule has 0 bridgehead atoms. The molecule has 0 unspecified atom stereocenters. The number of hydrogen-bond acceptors (Lipinski definition) is 7. The summed E-state index contributed by atoms with van der Waals surface area (Å²) in [6.45, 7) is 0. The monoisotopic (exact) mass is 530 g/mol. The number of rotatable bonds is 9. The van der Waals surface area contributed by atoms with Crippen molar-refractivity contribution >= 4 is 41.1 Å². The van der Waals surface area contributed by atoms with E-state index in [-0.39, 0.29) is 6.42 Å². The lowest BCUT2D eigenvalue weighted by Crippen LogP contribution is -2.44. The number of nitrogens with zero attached hydrogens (tertiary/aromatic N) is 4. The van der Waals surface area contributed by atoms with Crippen molar-refractivity contribution in [2.24, 2.45) is 0 Å². The minimum Gasteiger partial charge on any atom is -0.465 e. The second-order valence-corrected chi connectivity index (χ2v) is 8.54. The number of esters is 1. The van der Waals surface area contributed by atoms with E-state index in [4.69, 9.17) is 16.3 Å². The lowest BCUT2D eigenvalue weighted by molar-refractivity contribution is -0.123. The molecular weight excluding hydrogens is 508 g/mol. The molecule has 1 heterocycles. The van der Waals surface area contributed by atoms with Gasteiger partial charge in [0.05, 0.1) is 18.4 Å². The first kappa shape index (κ1) is 26.2. The second kappa shape index (κ2) is 12.4. The molecule has 11 heteroatoms. The Hall–Kier alpha value is -4.83. The van der Waals surface area contributed by atoms with Gasteiger partial charge < -0.3 is 15.4 Å². The second-order valence-electron chi connectivity index (χ2n) is 8.10. The third kappa shape index (κ3) is 6.89. The number of anilines is 1. The first-order chi connectivity index (χ1) is 18.4. The Morgan fingerprint density at radius 1 is 1.05 bits per heavy atom. The van der Waals surface area contributed by atoms with Crippen LogP contribution >= 0.6 is 11.6 Å². The number of aromatic nitrogens is 4. The summed E-state index contributed by atoms with van der Waals surface area (Å²) in [5.74, 6) is -1.38. The molecule has 0 fully saturated rings. The van der Waals surface area contributed by atoms with Crippen molar-refractivity contribution in [3.05, 3.63) is 107 Å². The van der Waals surface area contributed by atoms with E-state index in [1.165, 1.54) is 24.2 Å². The van der Waals surface area contributed by atoms with Crippen molar-refractivity contribution in [1.29, 1.82) is 0 Å². The molecule has 0 aliphatic carbocycles. The zero-order valence-corrected chi connectivity index (χ0v) is 21.0. The maximum absolute atomic E-state index is 13.2. The Kier molecular flexibility index (Phi) is 8.57. The van der Waals surface area contributed by atoms with Crippen molar-refractivity contribution in [2.75, 3.05) is 12.4 Å². The number of tetrazole rings is 1. The highest BCUT2D eigenvalue weighted by Crippen LogP contribution is 2.20. The maximum atomic E-state index is 13.2. The maximum Gasteiger partial charge on any atom is 0.337 e. The fraction of sp³-hybridized carbons (Fsp3) is 0.111. The van der Waals surface area contributed by atoms with Gasteiger partial charge in [-0.05, 0) is 64.5 Å². The third-order valence-corrected chi connectivity index (χ3v) is 5.72. The minimum atomic E-state index is -0.881. The normalized spacial score (nSPS) is 11.6. The summed E-state index contributed by atoms with van der Waals surface area (Å²) in [5, 5.41) is 17.2. The number of carbonyl (C=O) groups excluding carboxylic acids is 3. The Labute approximate surface area is 223 Å². The predicted octanol–water partition coefficient (Wildman–Crippen LogP) is 3.48. The van der Waals surface area contributed by atoms with Gasteiger partial charge in [-0.15, -0.1) is 5.10 Å². The van der Waals surface area contributed by atoms with Crippen LogP contribution < -0.4 is 10.6 Å². The number of benzene rings is 3. The zero-order chi connectivity index (χ0) is 26.9. The van der Waals surface area contributed by atoms with Crippen LogP contribution in [0.4, 0.5) is 5.69 Å². The van der Waals surface area contributed by atoms with Gasteiger partial charge in [-0.3, -0.25) is 9.59 Å². The molecule has 0 radical (unpaired) electrons. The smallest absolute Gasteiger partial charge is 0.337 e. The van der Waals surface area contributed by atoms with Crippen molar-refractivity contribution in [3.8, 4) is 5.69 Å². The first-order valence-electron chi connectivity index (χ1n) is 11.5. The molecule has 38 heavy (non-hydrogen) atoms. The molecule has 2 N–H and O–H groups in total. The Morgan fingerprint density at radius 2 is 1.82 bits per heavy atom. The van der Waals surface area contributed by atoms with Crippen LogP contribution in [0.1, 0.15) is 21.5 Å². The van der Waals surface area contributed by atoms with Crippen molar-refractivity contribution in [1.82, 2.24) is 25.5 Å². The third-order valence-electron chi connectivity index (χ3n) is 5.49. The summed E-state index contributed by atoms with van der Waals surface area (Å²) in [7, 11) is 1.29. The highest BCUT2D eigenvalue weighted by Gasteiger charge is 2.21. The van der Waals surface area contributed by atoms with Crippen LogP contribution in [0.25, 0.3) is 11.8 Å². The molecule has 4 rings (SSSR count). The molecule has 0 saturated carbocycles. The van der Waals surface area contributed by atoms with E-state index in [2.05, 4.69) is 26.2 Å². The topological polar surface area (TPSA) is 128 Å². The molecule has 0 aliphatic rings. The van der Waals surface area contributed by atoms with Crippen molar-refractivity contribution in [2.45, 2.75) is 12.5 Å². The van der Waals surface area contributed by atoms with Crippen LogP contribution in [0, 0.1) is 0 Å². The number of hydrogen-bond donors (Lipinski definition) is 2. The predicted molar refractivity (Wildman–Crippen MR) is 142 cm³/mol. The van der Waals surface area contributed by atoms with E-state index in [9.17, 15) is 14.4 Å². The van der Waals surface area contributed by atoms with Crippen molar-refractivity contribution < 1.29 is 19.1 Å². The van der Waals surface area contributed by atoms with Gasteiger partial charge in [0.2, 0.25) is 11.8 Å². The van der Waals surface area contributed by atoms with Gasteiger partial charge >= 0.3 is 5.97 Å². The largest absolute Gasteiger partial charge is 0.465 e. The van der Waals surface area contributed by atoms with E-state index >= 15 is 0 Å². The molecule has 192 valence electrons. The number of halogens is 1. The Balaban J connectivity index is 1.51. The van der Waals surface area contributed by atoms with Crippen LogP contribution in [0.5, 0.6) is 0 Å². The van der Waals surface area contributed by atoms with Gasteiger partial charge in [0.15, 0.2) is 0 Å². The van der Waals surface area contributed by atoms with Gasteiger partial charge in [-0.2, -0.15) is 4.68 Å². The van der Waals surface area contributed by atoms with Gasteiger partial charge in [0, 0.05) is 28.8 Å². The zero-order valence-electron chi connectivity index (χ0n) is 20.2. The lowest BCUT2D eigenvalue weighted by atomic mass is 10.0. The number of nitrogens with one attached hydrogen (secondary N) is 2. The standard InChI is InChI=1S/C27H23ClN6O4/c1-38-27(37)19-7-11-22(12-8-19)30-26(36)23(15-18-5-3-2-4-6-18)31-25(35)14-9-20-16-21(28)10-13-24(20)34-17-29-32-33-34/h2-14,16-17,23H,15H2,1H3,(H,30,36)(H,31,35)/t23-/m0/s1. The number of amides is 2. The highest BCUT2D eigenvalue weighted by atomic mass is 35.5. The number of ether oxygens (including phenoxy) is 1. The highest BCUT2D eigenvalue weighted by molar-refractivity contribution is 6.30. The Bertz CT molecular complexity index is 1440. The van der Waals surface area contributed by atoms with E-state index < -0.39 is 23.8 Å². The number of methoxy groups -OCH3 is 1. The molecule has 1 aromatic heterocycles. The fourth-order valence-corrected chi connectivity index (χ4v) is 3.80. The summed E-state index contributed by atoms with van der Waals surface area (Å²) in [6, 6.07) is 19.8. The summed E-state index contributed by atoms with van der Waals surface area (Å²) in [5.41, 5.74) is 2.92. The first-order valence-corrected chi connectivity index (χ1v) is 11.9. The molecular formula is C27H23ClN6O4. The fourth-order valence-electron chi connectivity index (χ4n) is 3.62. The van der Waals surface area contributed by atoms with Gasteiger partial charge in [0.25, 0.3) is 0 Å². The van der Waals surface area contributed by atoms with Crippen LogP contribution in [-0.4, -0.2) is 51.1 Å². The average molecular weight is 531 g/mol. The van der Waals surface area contributed by atoms with Crippen LogP contribution in [-0.2, 0) is 20.7 Å². The van der Waals surface area contributed by atoms with Crippen LogP contribution in [0.15, 0.2) is 85.2 Å². The van der Waals surface area contributed by atoms with Crippen LogP contribution in [0.3, 0.4) is 0 Å². The molecule has 0 aliphatic heterocycles.